The van der Waals surface area contributed by atoms with E-state index in [1.807, 2.05) is 18.2 Å². The Hall–Kier alpha value is -3.07. The van der Waals surface area contributed by atoms with Gasteiger partial charge in [0.25, 0.3) is 0 Å². The number of anilines is 1. The number of likely N-dealkylation sites (N-methyl/N-ethyl adjacent to an activating group) is 1. The molecule has 9 heteroatoms. The lowest BCUT2D eigenvalue weighted by Crippen LogP contribution is -2.37. The molecule has 3 aromatic rings. The van der Waals surface area contributed by atoms with E-state index in [9.17, 15) is 18.4 Å². The van der Waals surface area contributed by atoms with Gasteiger partial charge in [-0.25, -0.2) is 28.3 Å². The monoisotopic (exact) mass is 389 g/mol. The van der Waals surface area contributed by atoms with Gasteiger partial charge >= 0.3 is 12.0 Å². The fourth-order valence-corrected chi connectivity index (χ4v) is 3.83. The molecule has 138 valence electrons. The molecule has 1 atom stereocenters. The second-order valence-corrected chi connectivity index (χ2v) is 6.96. The second-order valence-electron chi connectivity index (χ2n) is 5.95. The van der Waals surface area contributed by atoms with Crippen molar-refractivity contribution in [3.8, 4) is 0 Å². The topological polar surface area (TPSA) is 62.7 Å². The number of thiazole rings is 1. The van der Waals surface area contributed by atoms with Crippen LogP contribution in [0.5, 0.6) is 0 Å². The zero-order valence-corrected chi connectivity index (χ0v) is 14.9. The molecule has 0 spiro atoms. The van der Waals surface area contributed by atoms with Gasteiger partial charge in [-0.3, -0.25) is 0 Å². The van der Waals surface area contributed by atoms with Gasteiger partial charge in [0, 0.05) is 7.05 Å². The van der Waals surface area contributed by atoms with Crippen LogP contribution in [0.25, 0.3) is 10.2 Å². The Kier molecular flexibility index (Phi) is 4.23. The first-order valence-corrected chi connectivity index (χ1v) is 8.82. The van der Waals surface area contributed by atoms with E-state index in [0.717, 1.165) is 22.9 Å². The number of esters is 1. The van der Waals surface area contributed by atoms with Gasteiger partial charge in [0.1, 0.15) is 17.2 Å². The van der Waals surface area contributed by atoms with E-state index < -0.39 is 35.4 Å². The number of carbonyl (C=O) groups excluding carboxylic acids is 2. The maximum absolute atomic E-state index is 13.8. The summed E-state index contributed by atoms with van der Waals surface area (Å²) in [5, 5.41) is 0.345. The molecule has 0 saturated carbocycles. The predicted molar refractivity (Wildman–Crippen MR) is 95.7 cm³/mol. The van der Waals surface area contributed by atoms with Crippen molar-refractivity contribution in [2.24, 2.45) is 0 Å². The minimum absolute atomic E-state index is 0.0522. The molecule has 1 fully saturated rings. The predicted octanol–water partition coefficient (Wildman–Crippen LogP) is 3.63. The van der Waals surface area contributed by atoms with E-state index in [0.29, 0.717) is 10.6 Å². The third-order valence-electron chi connectivity index (χ3n) is 4.15. The van der Waals surface area contributed by atoms with Crippen molar-refractivity contribution in [2.75, 3.05) is 18.5 Å². The first-order valence-electron chi connectivity index (χ1n) is 8.00. The molecule has 1 aliphatic heterocycles. The number of carbonyl (C=O) groups is 2. The van der Waals surface area contributed by atoms with Crippen molar-refractivity contribution in [3.63, 3.8) is 0 Å². The highest BCUT2D eigenvalue weighted by Gasteiger charge is 2.41. The molecule has 0 aliphatic carbocycles. The van der Waals surface area contributed by atoms with Crippen molar-refractivity contribution in [1.82, 2.24) is 9.88 Å². The number of amides is 2. The van der Waals surface area contributed by atoms with Crippen molar-refractivity contribution < 1.29 is 23.1 Å². The normalized spacial score (nSPS) is 17.0. The lowest BCUT2D eigenvalue weighted by molar-refractivity contribution is 0.0320. The highest BCUT2D eigenvalue weighted by molar-refractivity contribution is 7.22. The summed E-state index contributed by atoms with van der Waals surface area (Å²) in [5.41, 5.74) is -0.0890. The summed E-state index contributed by atoms with van der Waals surface area (Å²) in [4.78, 5) is 31.8. The van der Waals surface area contributed by atoms with Crippen molar-refractivity contribution in [3.05, 3.63) is 59.7 Å². The molecule has 1 aliphatic rings. The minimum Gasteiger partial charge on any atom is -0.435 e. The van der Waals surface area contributed by atoms with E-state index in [1.165, 1.54) is 21.1 Å². The molecule has 2 amide bonds. The molecule has 0 radical (unpaired) electrons. The smallest absolute Gasteiger partial charge is 0.346 e. The third kappa shape index (κ3) is 2.99. The van der Waals surface area contributed by atoms with Crippen LogP contribution in [-0.4, -0.2) is 41.7 Å². The van der Waals surface area contributed by atoms with Gasteiger partial charge in [-0.2, -0.15) is 0 Å². The third-order valence-corrected chi connectivity index (χ3v) is 5.18. The summed E-state index contributed by atoms with van der Waals surface area (Å²) in [6.07, 6.45) is -1.05. The molecular weight excluding hydrogens is 376 g/mol. The number of hydrogen-bond acceptors (Lipinski definition) is 5. The lowest BCUT2D eigenvalue weighted by atomic mass is 10.2. The summed E-state index contributed by atoms with van der Waals surface area (Å²) in [6.45, 7) is 0.0522. The number of halogens is 2. The van der Waals surface area contributed by atoms with Gasteiger partial charge in [0.2, 0.25) is 6.23 Å². The largest absolute Gasteiger partial charge is 0.435 e. The molecule has 2 aromatic carbocycles. The van der Waals surface area contributed by atoms with Gasteiger partial charge in [0.05, 0.1) is 16.8 Å². The second kappa shape index (κ2) is 6.58. The number of nitrogens with zero attached hydrogens (tertiary/aromatic N) is 3. The minimum atomic E-state index is -1.18. The zero-order chi connectivity index (χ0) is 19.1. The number of hydrogen-bond donors (Lipinski definition) is 0. The van der Waals surface area contributed by atoms with Crippen LogP contribution < -0.4 is 4.90 Å². The standard InChI is InChI=1S/C18H13F2N3O3S/c1-22-9-14(26-16(24)15-10(19)5-4-6-11(15)20)23(18(22)25)17-21-12-7-2-3-8-13(12)27-17/h2-8,14H,9H2,1H3. The molecule has 6 nitrogen and oxygen atoms in total. The molecule has 0 N–H and O–H groups in total. The van der Waals surface area contributed by atoms with Crippen molar-refractivity contribution in [1.29, 1.82) is 0 Å². The number of ether oxygens (including phenoxy) is 1. The Morgan fingerprint density at radius 3 is 2.59 bits per heavy atom. The molecule has 0 bridgehead atoms. The van der Waals surface area contributed by atoms with E-state index in [2.05, 4.69) is 4.98 Å². The number of aromatic nitrogens is 1. The highest BCUT2D eigenvalue weighted by Crippen LogP contribution is 2.33. The van der Waals surface area contributed by atoms with E-state index >= 15 is 0 Å². The zero-order valence-electron chi connectivity index (χ0n) is 14.1. The fraction of sp³-hybridized carbons (Fsp3) is 0.167. The Labute approximate surface area is 156 Å². The number of urea groups is 1. The summed E-state index contributed by atoms with van der Waals surface area (Å²) in [6, 6.07) is 10.0. The quantitative estimate of drug-likeness (QED) is 0.642. The summed E-state index contributed by atoms with van der Waals surface area (Å²) in [7, 11) is 1.54. The van der Waals surface area contributed by atoms with Gasteiger partial charge < -0.3 is 9.64 Å². The summed E-state index contributed by atoms with van der Waals surface area (Å²) in [5.74, 6) is -3.22. The Morgan fingerprint density at radius 2 is 1.89 bits per heavy atom. The Bertz CT molecular complexity index is 1000. The maximum atomic E-state index is 13.8. The summed E-state index contributed by atoms with van der Waals surface area (Å²) < 4.78 is 33.8. The SMILES string of the molecule is CN1CC(OC(=O)c2c(F)cccc2F)N(c2nc3ccccc3s2)C1=O. The van der Waals surface area contributed by atoms with Gasteiger partial charge in [-0.05, 0) is 24.3 Å². The van der Waals surface area contributed by atoms with E-state index in [-0.39, 0.29) is 6.54 Å². The maximum Gasteiger partial charge on any atom is 0.346 e. The Balaban J connectivity index is 1.66. The fourth-order valence-electron chi connectivity index (χ4n) is 2.83. The van der Waals surface area contributed by atoms with Crippen LogP contribution in [0.3, 0.4) is 0 Å². The van der Waals surface area contributed by atoms with Crippen LogP contribution in [0, 0.1) is 11.6 Å². The highest BCUT2D eigenvalue weighted by atomic mass is 32.1. The van der Waals surface area contributed by atoms with Crippen LogP contribution in [-0.2, 0) is 4.74 Å². The molecule has 1 aromatic heterocycles. The average molecular weight is 389 g/mol. The van der Waals surface area contributed by atoms with Crippen LogP contribution in [0.1, 0.15) is 10.4 Å². The van der Waals surface area contributed by atoms with Crippen molar-refractivity contribution in [2.45, 2.75) is 6.23 Å². The first kappa shape index (κ1) is 17.3. The number of fused-ring (bicyclic) bond motifs is 1. The molecule has 2 heterocycles. The number of benzene rings is 2. The number of para-hydroxylation sites is 1. The van der Waals surface area contributed by atoms with Crippen LogP contribution >= 0.6 is 11.3 Å². The number of rotatable bonds is 3. The molecular formula is C18H13F2N3O3S. The molecule has 1 unspecified atom stereocenters. The van der Waals surface area contributed by atoms with Crippen LogP contribution in [0.2, 0.25) is 0 Å². The molecule has 4 rings (SSSR count). The van der Waals surface area contributed by atoms with Gasteiger partial charge in [-0.15, -0.1) is 0 Å². The molecule has 1 saturated heterocycles. The average Bonchev–Trinajstić information content (AvgIpc) is 3.15. The van der Waals surface area contributed by atoms with Gasteiger partial charge in [-0.1, -0.05) is 29.5 Å². The molecule has 27 heavy (non-hydrogen) atoms. The van der Waals surface area contributed by atoms with E-state index in [1.54, 1.807) is 13.1 Å². The van der Waals surface area contributed by atoms with Crippen LogP contribution in [0.15, 0.2) is 42.5 Å². The lowest BCUT2D eigenvalue weighted by Gasteiger charge is -2.20. The van der Waals surface area contributed by atoms with Crippen LogP contribution in [0.4, 0.5) is 18.7 Å². The Morgan fingerprint density at radius 1 is 1.19 bits per heavy atom. The first-order chi connectivity index (χ1) is 13.0. The van der Waals surface area contributed by atoms with Crippen molar-refractivity contribution >= 4 is 38.7 Å². The summed E-state index contributed by atoms with van der Waals surface area (Å²) >= 11 is 1.26. The van der Waals surface area contributed by atoms with Gasteiger partial charge in [0.15, 0.2) is 5.13 Å². The van der Waals surface area contributed by atoms with E-state index in [4.69, 9.17) is 4.74 Å².